The van der Waals surface area contributed by atoms with Crippen molar-refractivity contribution in [3.8, 4) is 11.5 Å². The lowest BCUT2D eigenvalue weighted by Gasteiger charge is -2.14. The molecule has 3 aromatic carbocycles. The van der Waals surface area contributed by atoms with Crippen molar-refractivity contribution >= 4 is 89.4 Å². The number of halogens is 2. The molecular formula is C27H22Br2N2O4S2. The van der Waals surface area contributed by atoms with Crippen molar-refractivity contribution in [3.05, 3.63) is 85.1 Å². The first-order valence-corrected chi connectivity index (χ1v) is 13.9. The summed E-state index contributed by atoms with van der Waals surface area (Å²) in [7, 11) is 1.52. The highest BCUT2D eigenvalue weighted by molar-refractivity contribution is 9.10. The maximum atomic E-state index is 13.1. The Kier molecular flexibility index (Phi) is 8.74. The zero-order valence-electron chi connectivity index (χ0n) is 20.1. The van der Waals surface area contributed by atoms with Crippen LogP contribution in [0, 0.1) is 13.8 Å². The number of rotatable bonds is 7. The molecule has 3 aromatic rings. The second-order valence-corrected chi connectivity index (χ2v) is 11.6. The maximum Gasteiger partial charge on any atom is 0.270 e. The maximum absolute atomic E-state index is 13.1. The van der Waals surface area contributed by atoms with Gasteiger partial charge in [0.05, 0.1) is 23.4 Å². The first-order chi connectivity index (χ1) is 17.7. The molecule has 190 valence electrons. The number of amides is 2. The predicted molar refractivity (Wildman–Crippen MR) is 161 cm³/mol. The van der Waals surface area contributed by atoms with Crippen molar-refractivity contribution in [1.29, 1.82) is 0 Å². The number of nitrogens with zero attached hydrogens (tertiary/aromatic N) is 1. The molecule has 2 amide bonds. The number of thioether (sulfide) groups is 1. The van der Waals surface area contributed by atoms with E-state index in [1.165, 1.54) is 23.8 Å². The molecule has 37 heavy (non-hydrogen) atoms. The Bertz CT molecular complexity index is 1440. The van der Waals surface area contributed by atoms with Crippen LogP contribution >= 0.6 is 55.8 Å². The van der Waals surface area contributed by atoms with Gasteiger partial charge >= 0.3 is 0 Å². The van der Waals surface area contributed by atoms with Crippen LogP contribution in [0.2, 0.25) is 0 Å². The number of carbonyl (C=O) groups is 2. The van der Waals surface area contributed by atoms with Gasteiger partial charge in [-0.05, 0) is 95.0 Å². The molecule has 0 unspecified atom stereocenters. The molecule has 0 radical (unpaired) electrons. The molecule has 0 bridgehead atoms. The number of hydrogen-bond donors (Lipinski definition) is 1. The Labute approximate surface area is 241 Å². The Hall–Kier alpha value is -2.66. The fraction of sp³-hybridized carbons (Fsp3) is 0.148. The second-order valence-electron chi connectivity index (χ2n) is 8.16. The number of methoxy groups -OCH3 is 1. The molecule has 1 aliphatic rings. The van der Waals surface area contributed by atoms with E-state index < -0.39 is 0 Å². The smallest absolute Gasteiger partial charge is 0.270 e. The second kappa shape index (κ2) is 11.8. The summed E-state index contributed by atoms with van der Waals surface area (Å²) in [4.78, 5) is 27.6. The van der Waals surface area contributed by atoms with Crippen LogP contribution in [-0.4, -0.2) is 29.9 Å². The first-order valence-electron chi connectivity index (χ1n) is 11.1. The minimum atomic E-state index is -0.300. The molecule has 0 saturated carbocycles. The third-order valence-corrected chi connectivity index (χ3v) is 8.01. The number of nitrogens with one attached hydrogen (secondary N) is 1. The Balaban J connectivity index is 1.45. The summed E-state index contributed by atoms with van der Waals surface area (Å²) in [5.74, 6) is 0.361. The highest BCUT2D eigenvalue weighted by Crippen LogP contribution is 2.38. The number of ether oxygens (including phenoxy) is 2. The van der Waals surface area contributed by atoms with Crippen LogP contribution in [0.5, 0.6) is 11.5 Å². The SMILES string of the molecule is COc1cc(/C=C2/SC(=S)N(c3cccc(Br)c3)C2=O)ccc1OCC(=O)Nc1cc(C)c(C)cc1Br. The summed E-state index contributed by atoms with van der Waals surface area (Å²) < 4.78 is 13.3. The fourth-order valence-corrected chi connectivity index (χ4v) is 5.80. The summed E-state index contributed by atoms with van der Waals surface area (Å²) in [6.07, 6.45) is 1.76. The molecule has 0 aliphatic carbocycles. The number of benzene rings is 3. The van der Waals surface area contributed by atoms with Gasteiger partial charge in [0.2, 0.25) is 0 Å². The van der Waals surface area contributed by atoms with Crippen LogP contribution in [0.1, 0.15) is 16.7 Å². The lowest BCUT2D eigenvalue weighted by Crippen LogP contribution is -2.27. The molecule has 1 N–H and O–H groups in total. The van der Waals surface area contributed by atoms with Crippen LogP contribution in [0.25, 0.3) is 6.08 Å². The van der Waals surface area contributed by atoms with Crippen molar-refractivity contribution in [2.75, 3.05) is 23.9 Å². The van der Waals surface area contributed by atoms with Crippen molar-refractivity contribution in [1.82, 2.24) is 0 Å². The van der Waals surface area contributed by atoms with Gasteiger partial charge in [-0.3, -0.25) is 14.5 Å². The van der Waals surface area contributed by atoms with Gasteiger partial charge in [-0.2, -0.15) is 0 Å². The number of carbonyl (C=O) groups excluding carboxylic acids is 2. The molecule has 0 atom stereocenters. The van der Waals surface area contributed by atoms with Crippen LogP contribution < -0.4 is 19.7 Å². The minimum Gasteiger partial charge on any atom is -0.493 e. The van der Waals surface area contributed by atoms with Gasteiger partial charge in [0.15, 0.2) is 22.4 Å². The lowest BCUT2D eigenvalue weighted by atomic mass is 10.1. The molecule has 6 nitrogen and oxygen atoms in total. The summed E-state index contributed by atoms with van der Waals surface area (Å²) in [5, 5.41) is 2.85. The average molecular weight is 662 g/mol. The minimum absolute atomic E-state index is 0.193. The Morgan fingerprint density at radius 3 is 2.57 bits per heavy atom. The molecule has 1 aliphatic heterocycles. The van der Waals surface area contributed by atoms with Crippen molar-refractivity contribution < 1.29 is 19.1 Å². The van der Waals surface area contributed by atoms with Crippen molar-refractivity contribution in [3.63, 3.8) is 0 Å². The van der Waals surface area contributed by atoms with E-state index in [1.54, 1.807) is 24.3 Å². The van der Waals surface area contributed by atoms with Gasteiger partial charge in [-0.15, -0.1) is 0 Å². The average Bonchev–Trinajstić information content (AvgIpc) is 3.13. The van der Waals surface area contributed by atoms with Crippen LogP contribution in [0.4, 0.5) is 11.4 Å². The highest BCUT2D eigenvalue weighted by atomic mass is 79.9. The van der Waals surface area contributed by atoms with Gasteiger partial charge < -0.3 is 14.8 Å². The molecule has 1 fully saturated rings. The van der Waals surface area contributed by atoms with Crippen LogP contribution in [-0.2, 0) is 9.59 Å². The van der Waals surface area contributed by atoms with Gasteiger partial charge in [0.1, 0.15) is 0 Å². The lowest BCUT2D eigenvalue weighted by molar-refractivity contribution is -0.118. The summed E-state index contributed by atoms with van der Waals surface area (Å²) in [5.41, 5.74) is 4.32. The van der Waals surface area contributed by atoms with Gasteiger partial charge in [0.25, 0.3) is 11.8 Å². The summed E-state index contributed by atoms with van der Waals surface area (Å²) in [6, 6.07) is 16.5. The number of anilines is 2. The molecule has 0 spiro atoms. The van der Waals surface area contributed by atoms with E-state index in [1.807, 2.05) is 50.2 Å². The zero-order chi connectivity index (χ0) is 26.7. The third kappa shape index (κ3) is 6.43. The Morgan fingerprint density at radius 2 is 1.84 bits per heavy atom. The summed E-state index contributed by atoms with van der Waals surface area (Å²) in [6.45, 7) is 3.80. The largest absolute Gasteiger partial charge is 0.493 e. The third-order valence-electron chi connectivity index (χ3n) is 5.56. The van der Waals surface area contributed by atoms with Crippen molar-refractivity contribution in [2.24, 2.45) is 0 Å². The number of thiocarbonyl (C=S) groups is 1. The molecule has 0 aromatic heterocycles. The zero-order valence-corrected chi connectivity index (χ0v) is 24.9. The molecule has 4 rings (SSSR count). The van der Waals surface area contributed by atoms with Crippen LogP contribution in [0.15, 0.2) is 68.4 Å². The fourth-order valence-electron chi connectivity index (χ4n) is 3.56. The van der Waals surface area contributed by atoms with Gasteiger partial charge in [-0.1, -0.05) is 52.0 Å². The van der Waals surface area contributed by atoms with E-state index in [0.29, 0.717) is 32.1 Å². The van der Waals surface area contributed by atoms with Crippen molar-refractivity contribution in [2.45, 2.75) is 13.8 Å². The molecule has 1 heterocycles. The normalized spacial score (nSPS) is 14.3. The van der Waals surface area contributed by atoms with E-state index in [9.17, 15) is 9.59 Å². The first kappa shape index (κ1) is 27.4. The number of hydrogen-bond acceptors (Lipinski definition) is 6. The van der Waals surface area contributed by atoms with Gasteiger partial charge in [-0.25, -0.2) is 0 Å². The number of aryl methyl sites for hydroxylation is 2. The molecule has 1 saturated heterocycles. The van der Waals surface area contributed by atoms with Gasteiger partial charge in [0, 0.05) is 8.95 Å². The Morgan fingerprint density at radius 1 is 1.08 bits per heavy atom. The van der Waals surface area contributed by atoms with E-state index in [0.717, 1.165) is 25.6 Å². The van der Waals surface area contributed by atoms with E-state index >= 15 is 0 Å². The molecule has 10 heteroatoms. The van der Waals surface area contributed by atoms with E-state index in [-0.39, 0.29) is 18.4 Å². The summed E-state index contributed by atoms with van der Waals surface area (Å²) >= 11 is 13.6. The monoisotopic (exact) mass is 660 g/mol. The quantitative estimate of drug-likeness (QED) is 0.212. The van der Waals surface area contributed by atoms with Crippen LogP contribution in [0.3, 0.4) is 0 Å². The predicted octanol–water partition coefficient (Wildman–Crippen LogP) is 7.26. The van der Waals surface area contributed by atoms with E-state index in [4.69, 9.17) is 21.7 Å². The van der Waals surface area contributed by atoms with E-state index in [2.05, 4.69) is 37.2 Å². The standard InChI is InChI=1S/C27H22Br2N2O4S2/c1-15-9-20(29)21(10-16(15)2)30-25(32)14-35-22-8-7-17(11-23(22)34-3)12-24-26(33)31(27(36)37-24)19-6-4-5-18(28)13-19/h4-13H,14H2,1-3H3,(H,30,32)/b24-12+. The molecular weight excluding hydrogens is 640 g/mol. The highest BCUT2D eigenvalue weighted by Gasteiger charge is 2.33. The topological polar surface area (TPSA) is 67.9 Å².